The van der Waals surface area contributed by atoms with E-state index in [1.165, 1.54) is 6.42 Å². The Hall–Kier alpha value is -1.34. The fourth-order valence-corrected chi connectivity index (χ4v) is 2.36. The number of carbonyl (C=O) groups is 1. The standard InChI is InChI=1S/C14H21F2N3OS/c1-21-7-5-3-2-4-6-18-14(20)10-8-11(15)13(19-17)12(16)9-10/h8-9,19H,2-7,17H2,1H3,(H,18,20). The van der Waals surface area contributed by atoms with Crippen molar-refractivity contribution in [2.75, 3.05) is 24.0 Å². The van der Waals surface area contributed by atoms with Gasteiger partial charge in [0, 0.05) is 12.1 Å². The van der Waals surface area contributed by atoms with Crippen molar-refractivity contribution in [1.82, 2.24) is 5.32 Å². The Kier molecular flexibility index (Phi) is 8.07. The van der Waals surface area contributed by atoms with Crippen LogP contribution in [0.3, 0.4) is 0 Å². The molecular weight excluding hydrogens is 296 g/mol. The zero-order valence-corrected chi connectivity index (χ0v) is 12.9. The number of hydrogen-bond donors (Lipinski definition) is 3. The summed E-state index contributed by atoms with van der Waals surface area (Å²) in [5.41, 5.74) is 1.43. The molecule has 0 aliphatic rings. The van der Waals surface area contributed by atoms with Gasteiger partial charge in [0.25, 0.3) is 5.91 Å². The molecule has 4 N–H and O–H groups in total. The number of benzene rings is 1. The number of anilines is 1. The largest absolute Gasteiger partial charge is 0.352 e. The van der Waals surface area contributed by atoms with E-state index in [4.69, 9.17) is 5.84 Å². The Balaban J connectivity index is 2.39. The first kappa shape index (κ1) is 17.7. The van der Waals surface area contributed by atoms with Crippen LogP contribution < -0.4 is 16.6 Å². The van der Waals surface area contributed by atoms with Crippen LogP contribution in [0, 0.1) is 11.6 Å². The van der Waals surface area contributed by atoms with Crippen LogP contribution in [0.15, 0.2) is 12.1 Å². The molecule has 118 valence electrons. The number of nitrogens with one attached hydrogen (secondary N) is 2. The molecule has 0 radical (unpaired) electrons. The molecule has 1 aromatic rings. The summed E-state index contributed by atoms with van der Waals surface area (Å²) >= 11 is 1.82. The highest BCUT2D eigenvalue weighted by atomic mass is 32.2. The van der Waals surface area contributed by atoms with Crippen LogP contribution >= 0.6 is 11.8 Å². The Labute approximate surface area is 127 Å². The average Bonchev–Trinajstić information content (AvgIpc) is 2.45. The monoisotopic (exact) mass is 317 g/mol. The van der Waals surface area contributed by atoms with Crippen LogP contribution in [0.5, 0.6) is 0 Å². The lowest BCUT2D eigenvalue weighted by atomic mass is 10.1. The van der Waals surface area contributed by atoms with E-state index in [2.05, 4.69) is 11.6 Å². The Morgan fingerprint density at radius 1 is 1.19 bits per heavy atom. The molecule has 1 rings (SSSR count). The van der Waals surface area contributed by atoms with Gasteiger partial charge >= 0.3 is 0 Å². The molecule has 0 aromatic heterocycles. The van der Waals surface area contributed by atoms with Crippen LogP contribution in [0.1, 0.15) is 36.0 Å². The molecule has 0 spiro atoms. The second-order valence-electron chi connectivity index (χ2n) is 4.62. The third-order valence-electron chi connectivity index (χ3n) is 3.01. The number of thioether (sulfide) groups is 1. The van der Waals surface area contributed by atoms with Crippen molar-refractivity contribution < 1.29 is 13.6 Å². The fraction of sp³-hybridized carbons (Fsp3) is 0.500. The second kappa shape index (κ2) is 9.57. The SMILES string of the molecule is CSCCCCCCNC(=O)c1cc(F)c(NN)c(F)c1. The third kappa shape index (κ3) is 5.89. The van der Waals surface area contributed by atoms with Crippen molar-refractivity contribution in [2.45, 2.75) is 25.7 Å². The van der Waals surface area contributed by atoms with Gasteiger partial charge in [-0.15, -0.1) is 0 Å². The summed E-state index contributed by atoms with van der Waals surface area (Å²) in [6.45, 7) is 0.498. The highest BCUT2D eigenvalue weighted by Crippen LogP contribution is 2.19. The Bertz CT molecular complexity index is 449. The maximum atomic E-state index is 13.5. The molecule has 0 fully saturated rings. The molecule has 0 heterocycles. The highest BCUT2D eigenvalue weighted by molar-refractivity contribution is 7.98. The molecule has 0 saturated carbocycles. The number of halogens is 2. The van der Waals surface area contributed by atoms with Crippen molar-refractivity contribution in [3.63, 3.8) is 0 Å². The molecule has 1 amide bonds. The third-order valence-corrected chi connectivity index (χ3v) is 3.71. The van der Waals surface area contributed by atoms with Crippen LogP contribution in [0.2, 0.25) is 0 Å². The molecule has 0 unspecified atom stereocenters. The van der Waals surface area contributed by atoms with E-state index in [0.717, 1.165) is 37.1 Å². The van der Waals surface area contributed by atoms with Gasteiger partial charge in [-0.3, -0.25) is 10.6 Å². The topological polar surface area (TPSA) is 67.2 Å². The lowest BCUT2D eigenvalue weighted by Crippen LogP contribution is -2.25. The molecule has 0 bridgehead atoms. The minimum absolute atomic E-state index is 0.0496. The van der Waals surface area contributed by atoms with E-state index in [-0.39, 0.29) is 5.56 Å². The molecule has 0 saturated heterocycles. The summed E-state index contributed by atoms with van der Waals surface area (Å²) in [4.78, 5) is 11.8. The minimum Gasteiger partial charge on any atom is -0.352 e. The molecule has 4 nitrogen and oxygen atoms in total. The lowest BCUT2D eigenvalue weighted by molar-refractivity contribution is 0.0952. The highest BCUT2D eigenvalue weighted by Gasteiger charge is 2.14. The van der Waals surface area contributed by atoms with Crippen LogP contribution in [0.25, 0.3) is 0 Å². The summed E-state index contributed by atoms with van der Waals surface area (Å²) in [6, 6.07) is 1.93. The number of nitrogen functional groups attached to an aromatic ring is 1. The summed E-state index contributed by atoms with van der Waals surface area (Å²) in [7, 11) is 0. The van der Waals surface area contributed by atoms with E-state index in [1.807, 2.05) is 17.2 Å². The maximum Gasteiger partial charge on any atom is 0.251 e. The predicted molar refractivity (Wildman–Crippen MR) is 83.4 cm³/mol. The zero-order chi connectivity index (χ0) is 15.7. The molecule has 21 heavy (non-hydrogen) atoms. The number of rotatable bonds is 9. The van der Waals surface area contributed by atoms with Gasteiger partial charge in [-0.25, -0.2) is 8.78 Å². The lowest BCUT2D eigenvalue weighted by Gasteiger charge is -2.08. The number of nitrogens with two attached hydrogens (primary N) is 1. The van der Waals surface area contributed by atoms with Crippen molar-refractivity contribution >= 4 is 23.4 Å². The summed E-state index contributed by atoms with van der Waals surface area (Å²) < 4.78 is 26.9. The van der Waals surface area contributed by atoms with E-state index < -0.39 is 23.2 Å². The van der Waals surface area contributed by atoms with Gasteiger partial charge in [-0.2, -0.15) is 11.8 Å². The quantitative estimate of drug-likeness (QED) is 0.372. The van der Waals surface area contributed by atoms with Gasteiger partial charge in [0.1, 0.15) is 5.69 Å². The van der Waals surface area contributed by atoms with Gasteiger partial charge < -0.3 is 10.7 Å². The van der Waals surface area contributed by atoms with E-state index in [9.17, 15) is 13.6 Å². The Morgan fingerprint density at radius 2 is 1.81 bits per heavy atom. The fourth-order valence-electron chi connectivity index (χ4n) is 1.87. The van der Waals surface area contributed by atoms with E-state index in [0.29, 0.717) is 6.54 Å². The van der Waals surface area contributed by atoms with Gasteiger partial charge in [0.05, 0.1) is 0 Å². The second-order valence-corrected chi connectivity index (χ2v) is 5.61. The predicted octanol–water partition coefficient (Wildman–Crippen LogP) is 2.90. The first-order valence-corrected chi connectivity index (χ1v) is 8.22. The minimum atomic E-state index is -0.889. The summed E-state index contributed by atoms with van der Waals surface area (Å²) in [5, 5.41) is 2.65. The molecule has 0 aliphatic heterocycles. The molecule has 0 aliphatic carbocycles. The summed E-state index contributed by atoms with van der Waals surface area (Å²) in [6.07, 6.45) is 6.24. The summed E-state index contributed by atoms with van der Waals surface area (Å²) in [5.74, 6) is 3.88. The van der Waals surface area contributed by atoms with Gasteiger partial charge in [0.15, 0.2) is 11.6 Å². The zero-order valence-electron chi connectivity index (χ0n) is 12.0. The number of carbonyl (C=O) groups excluding carboxylic acids is 1. The van der Waals surface area contributed by atoms with Crippen molar-refractivity contribution in [3.05, 3.63) is 29.3 Å². The normalized spacial score (nSPS) is 10.5. The van der Waals surface area contributed by atoms with Crippen LogP contribution in [-0.4, -0.2) is 24.5 Å². The van der Waals surface area contributed by atoms with E-state index in [1.54, 1.807) is 0 Å². The number of hydrazine groups is 1. The van der Waals surface area contributed by atoms with Crippen molar-refractivity contribution in [3.8, 4) is 0 Å². The van der Waals surface area contributed by atoms with Crippen molar-refractivity contribution in [2.24, 2.45) is 5.84 Å². The first-order chi connectivity index (χ1) is 10.1. The van der Waals surface area contributed by atoms with Crippen molar-refractivity contribution in [1.29, 1.82) is 0 Å². The first-order valence-electron chi connectivity index (χ1n) is 6.83. The molecular formula is C14H21F2N3OS. The van der Waals surface area contributed by atoms with Gasteiger partial charge in [0.2, 0.25) is 0 Å². The maximum absolute atomic E-state index is 13.5. The van der Waals surface area contributed by atoms with Gasteiger partial charge in [-0.1, -0.05) is 12.8 Å². The smallest absolute Gasteiger partial charge is 0.251 e. The van der Waals surface area contributed by atoms with Gasteiger partial charge in [-0.05, 0) is 37.0 Å². The van der Waals surface area contributed by atoms with E-state index >= 15 is 0 Å². The average molecular weight is 317 g/mol. The van der Waals surface area contributed by atoms with Crippen LogP contribution in [-0.2, 0) is 0 Å². The molecule has 1 aromatic carbocycles. The number of amides is 1. The number of unbranched alkanes of at least 4 members (excludes halogenated alkanes) is 3. The Morgan fingerprint density at radius 3 is 2.38 bits per heavy atom. The molecule has 0 atom stereocenters. The van der Waals surface area contributed by atoms with Crippen LogP contribution in [0.4, 0.5) is 14.5 Å². The molecule has 7 heteroatoms. The number of hydrogen-bond acceptors (Lipinski definition) is 4.